The van der Waals surface area contributed by atoms with Crippen molar-refractivity contribution in [2.24, 2.45) is 0 Å². The molecule has 20 heavy (non-hydrogen) atoms. The van der Waals surface area contributed by atoms with Crippen LogP contribution in [-0.2, 0) is 10.2 Å². The number of anilines is 1. The van der Waals surface area contributed by atoms with E-state index in [2.05, 4.69) is 26.9 Å². The van der Waals surface area contributed by atoms with Crippen molar-refractivity contribution < 1.29 is 9.90 Å². The van der Waals surface area contributed by atoms with Crippen molar-refractivity contribution in [1.82, 2.24) is 0 Å². The zero-order chi connectivity index (χ0) is 14.2. The summed E-state index contributed by atoms with van der Waals surface area (Å²) in [5, 5.41) is 9.52. The van der Waals surface area contributed by atoms with Gasteiger partial charge in [0, 0.05) is 17.6 Å². The Kier molecular flexibility index (Phi) is 3.76. The van der Waals surface area contributed by atoms with Gasteiger partial charge in [-0.05, 0) is 65.7 Å². The summed E-state index contributed by atoms with van der Waals surface area (Å²) in [6.07, 6.45) is 6.34. The van der Waals surface area contributed by atoms with Crippen LogP contribution in [0.4, 0.5) is 5.69 Å². The van der Waals surface area contributed by atoms with Crippen molar-refractivity contribution in [2.75, 3.05) is 18.0 Å². The molecule has 0 amide bonds. The molecule has 108 valence electrons. The van der Waals surface area contributed by atoms with Gasteiger partial charge in [-0.25, -0.2) is 0 Å². The maximum Gasteiger partial charge on any atom is 0.314 e. The lowest BCUT2D eigenvalue weighted by molar-refractivity contribution is -0.147. The van der Waals surface area contributed by atoms with Crippen LogP contribution in [0.15, 0.2) is 22.7 Å². The van der Waals surface area contributed by atoms with Crippen molar-refractivity contribution in [1.29, 1.82) is 0 Å². The number of hydrogen-bond donors (Lipinski definition) is 1. The van der Waals surface area contributed by atoms with Crippen LogP contribution in [0.3, 0.4) is 0 Å². The maximum absolute atomic E-state index is 11.6. The summed E-state index contributed by atoms with van der Waals surface area (Å²) in [6.45, 7) is 2.20. The molecule has 2 aliphatic rings. The van der Waals surface area contributed by atoms with E-state index in [1.807, 2.05) is 12.1 Å². The fourth-order valence-corrected chi connectivity index (χ4v) is 3.98. The van der Waals surface area contributed by atoms with E-state index >= 15 is 0 Å². The van der Waals surface area contributed by atoms with Crippen molar-refractivity contribution in [3.63, 3.8) is 0 Å². The highest BCUT2D eigenvalue weighted by atomic mass is 79.9. The number of carboxylic acids is 1. The summed E-state index contributed by atoms with van der Waals surface area (Å²) in [5.41, 5.74) is 1.51. The van der Waals surface area contributed by atoms with Gasteiger partial charge in [0.1, 0.15) is 0 Å². The van der Waals surface area contributed by atoms with E-state index in [1.165, 1.54) is 24.9 Å². The zero-order valence-corrected chi connectivity index (χ0v) is 13.2. The number of halogens is 1. The van der Waals surface area contributed by atoms with E-state index in [9.17, 15) is 9.90 Å². The Labute approximate surface area is 128 Å². The second-order valence-electron chi connectivity index (χ2n) is 5.95. The predicted molar refractivity (Wildman–Crippen MR) is 83.4 cm³/mol. The Hall–Kier alpha value is -1.03. The van der Waals surface area contributed by atoms with Gasteiger partial charge in [0.25, 0.3) is 0 Å². The molecule has 1 aliphatic heterocycles. The Bertz CT molecular complexity index is 519. The lowest BCUT2D eigenvalue weighted by atomic mass is 9.64. The molecule has 1 aromatic carbocycles. The van der Waals surface area contributed by atoms with Gasteiger partial charge < -0.3 is 10.0 Å². The molecule has 1 heterocycles. The van der Waals surface area contributed by atoms with Gasteiger partial charge in [-0.15, -0.1) is 0 Å². The van der Waals surface area contributed by atoms with Gasteiger partial charge in [-0.2, -0.15) is 0 Å². The summed E-state index contributed by atoms with van der Waals surface area (Å²) in [6, 6.07) is 6.13. The molecule has 0 bridgehead atoms. The smallest absolute Gasteiger partial charge is 0.314 e. The highest BCUT2D eigenvalue weighted by molar-refractivity contribution is 9.10. The van der Waals surface area contributed by atoms with E-state index in [0.29, 0.717) is 0 Å². The number of aliphatic carboxylic acids is 1. The fraction of sp³-hybridized carbons (Fsp3) is 0.562. The second kappa shape index (κ2) is 5.40. The normalized spacial score (nSPS) is 21.4. The Morgan fingerprint density at radius 3 is 2.35 bits per heavy atom. The topological polar surface area (TPSA) is 40.5 Å². The van der Waals surface area contributed by atoms with E-state index < -0.39 is 11.4 Å². The molecule has 1 aliphatic carbocycles. The summed E-state index contributed by atoms with van der Waals surface area (Å²) < 4.78 is 1.03. The van der Waals surface area contributed by atoms with Crippen LogP contribution >= 0.6 is 15.9 Å². The standard InChI is InChI=1S/C16H20BrNO2/c17-13-11-12(16(15(19)20)7-4-8-16)5-6-14(13)18-9-2-1-3-10-18/h5-6,11H,1-4,7-10H2,(H,19,20). The van der Waals surface area contributed by atoms with Crippen LogP contribution in [0, 0.1) is 0 Å². The van der Waals surface area contributed by atoms with Crippen LogP contribution in [0.2, 0.25) is 0 Å². The number of carbonyl (C=O) groups is 1. The van der Waals surface area contributed by atoms with Crippen LogP contribution < -0.4 is 4.90 Å². The Morgan fingerprint density at radius 1 is 1.15 bits per heavy atom. The molecule has 0 atom stereocenters. The molecule has 2 fully saturated rings. The number of rotatable bonds is 3. The van der Waals surface area contributed by atoms with E-state index in [0.717, 1.165) is 42.4 Å². The van der Waals surface area contributed by atoms with Crippen LogP contribution in [0.1, 0.15) is 44.1 Å². The third-order valence-corrected chi connectivity index (χ3v) is 5.45. The molecular formula is C16H20BrNO2. The van der Waals surface area contributed by atoms with Gasteiger partial charge in [0.15, 0.2) is 0 Å². The third kappa shape index (κ3) is 2.24. The lowest BCUT2D eigenvalue weighted by Gasteiger charge is -2.38. The highest BCUT2D eigenvalue weighted by Gasteiger charge is 2.46. The summed E-state index contributed by atoms with van der Waals surface area (Å²) in [7, 11) is 0. The molecular weight excluding hydrogens is 318 g/mol. The van der Waals surface area contributed by atoms with E-state index in [4.69, 9.17) is 0 Å². The minimum atomic E-state index is -0.679. The molecule has 3 nitrogen and oxygen atoms in total. The SMILES string of the molecule is O=C(O)C1(c2ccc(N3CCCCC3)c(Br)c2)CCC1. The molecule has 1 saturated heterocycles. The molecule has 1 saturated carbocycles. The fourth-order valence-electron chi connectivity index (χ4n) is 3.35. The summed E-state index contributed by atoms with van der Waals surface area (Å²) in [5.74, 6) is -0.679. The first-order valence-electron chi connectivity index (χ1n) is 7.42. The first kappa shape index (κ1) is 13.9. The van der Waals surface area contributed by atoms with E-state index in [-0.39, 0.29) is 0 Å². The number of piperidine rings is 1. The lowest BCUT2D eigenvalue weighted by Crippen LogP contribution is -2.42. The third-order valence-electron chi connectivity index (χ3n) is 4.81. The largest absolute Gasteiger partial charge is 0.481 e. The zero-order valence-electron chi connectivity index (χ0n) is 11.6. The van der Waals surface area contributed by atoms with Crippen molar-refractivity contribution in [3.8, 4) is 0 Å². The monoisotopic (exact) mass is 337 g/mol. The molecule has 1 N–H and O–H groups in total. The first-order chi connectivity index (χ1) is 9.63. The van der Waals surface area contributed by atoms with Crippen LogP contribution in [0.5, 0.6) is 0 Å². The van der Waals surface area contributed by atoms with E-state index in [1.54, 1.807) is 0 Å². The molecule has 4 heteroatoms. The van der Waals surface area contributed by atoms with Crippen LogP contribution in [0.25, 0.3) is 0 Å². The number of benzene rings is 1. The minimum absolute atomic E-state index is 0.636. The number of carboxylic acid groups (broad SMARTS) is 1. The second-order valence-corrected chi connectivity index (χ2v) is 6.81. The van der Waals surface area contributed by atoms with Crippen molar-refractivity contribution >= 4 is 27.6 Å². The minimum Gasteiger partial charge on any atom is -0.481 e. The summed E-state index contributed by atoms with van der Waals surface area (Å²) >= 11 is 3.64. The molecule has 0 radical (unpaired) electrons. The summed E-state index contributed by atoms with van der Waals surface area (Å²) in [4.78, 5) is 14.0. The quantitative estimate of drug-likeness (QED) is 0.907. The highest BCUT2D eigenvalue weighted by Crippen LogP contribution is 2.45. The van der Waals surface area contributed by atoms with Crippen LogP contribution in [-0.4, -0.2) is 24.2 Å². The Morgan fingerprint density at radius 2 is 1.85 bits per heavy atom. The average Bonchev–Trinajstić information content (AvgIpc) is 2.38. The molecule has 0 aromatic heterocycles. The van der Waals surface area contributed by atoms with Crippen molar-refractivity contribution in [3.05, 3.63) is 28.2 Å². The Balaban J connectivity index is 1.89. The molecule has 0 spiro atoms. The maximum atomic E-state index is 11.6. The molecule has 0 unspecified atom stereocenters. The average molecular weight is 338 g/mol. The van der Waals surface area contributed by atoms with Gasteiger partial charge in [-0.3, -0.25) is 4.79 Å². The number of nitrogens with zero attached hydrogens (tertiary/aromatic N) is 1. The predicted octanol–water partition coefficient (Wildman–Crippen LogP) is 3.95. The van der Waals surface area contributed by atoms with Gasteiger partial charge in [0.05, 0.1) is 11.1 Å². The number of hydrogen-bond acceptors (Lipinski definition) is 2. The molecule has 3 rings (SSSR count). The van der Waals surface area contributed by atoms with Gasteiger partial charge in [-0.1, -0.05) is 12.5 Å². The van der Waals surface area contributed by atoms with Crippen molar-refractivity contribution in [2.45, 2.75) is 43.9 Å². The molecule has 1 aromatic rings. The van der Waals surface area contributed by atoms with Gasteiger partial charge >= 0.3 is 5.97 Å². The first-order valence-corrected chi connectivity index (χ1v) is 8.21. The van der Waals surface area contributed by atoms with Gasteiger partial charge in [0.2, 0.25) is 0 Å².